The quantitative estimate of drug-likeness (QED) is 0.595. The molecule has 4 N–H and O–H groups in total. The Hall–Kier alpha value is -1.69. The van der Waals surface area contributed by atoms with Gasteiger partial charge in [0.1, 0.15) is 5.82 Å². The fraction of sp³-hybridized carbons (Fsp3) is 0.375. The van der Waals surface area contributed by atoms with E-state index in [9.17, 15) is 4.79 Å². The molecule has 6 heteroatoms. The highest BCUT2D eigenvalue weighted by Gasteiger charge is 2.03. The third-order valence-electron chi connectivity index (χ3n) is 1.50. The van der Waals surface area contributed by atoms with Crippen molar-refractivity contribution in [1.82, 2.24) is 10.2 Å². The summed E-state index contributed by atoms with van der Waals surface area (Å²) in [5.74, 6) is -0.115. The Balaban J connectivity index is 2.60. The number of nitrogens with one attached hydrogen (secondary N) is 1. The summed E-state index contributed by atoms with van der Waals surface area (Å²) in [5, 5.41) is 19.1. The van der Waals surface area contributed by atoms with Crippen molar-refractivity contribution in [3.8, 4) is 0 Å². The number of aliphatic hydroxyl groups excluding tert-OH is 1. The molecule has 0 aliphatic rings. The van der Waals surface area contributed by atoms with E-state index < -0.39 is 12.0 Å². The Kier molecular flexibility index (Phi) is 3.35. The van der Waals surface area contributed by atoms with Crippen LogP contribution in [-0.4, -0.2) is 33.9 Å². The topological polar surface area (TPSA) is 101 Å². The normalized spacial score (nSPS) is 12.1. The number of hydrogen-bond acceptors (Lipinski definition) is 5. The van der Waals surface area contributed by atoms with Gasteiger partial charge in [-0.2, -0.15) is 0 Å². The van der Waals surface area contributed by atoms with Crippen LogP contribution in [0.3, 0.4) is 0 Å². The number of rotatable bonds is 4. The van der Waals surface area contributed by atoms with Gasteiger partial charge in [0.2, 0.25) is 0 Å². The molecule has 0 bridgehead atoms. The maximum atomic E-state index is 10.6. The fourth-order valence-electron chi connectivity index (χ4n) is 0.810. The summed E-state index contributed by atoms with van der Waals surface area (Å²) in [6, 6.07) is 3.05. The summed E-state index contributed by atoms with van der Waals surface area (Å²) in [6.45, 7) is 2.03. The average molecular weight is 196 g/mol. The van der Waals surface area contributed by atoms with E-state index in [1.165, 1.54) is 6.07 Å². The van der Waals surface area contributed by atoms with Gasteiger partial charge in [-0.1, -0.05) is 0 Å². The van der Waals surface area contributed by atoms with Crippen molar-refractivity contribution < 1.29 is 9.90 Å². The van der Waals surface area contributed by atoms with Gasteiger partial charge in [-0.25, -0.2) is 0 Å². The van der Waals surface area contributed by atoms with Crippen LogP contribution >= 0.6 is 0 Å². The number of nitrogens with zero attached hydrogens (tertiary/aromatic N) is 2. The second-order valence-electron chi connectivity index (χ2n) is 2.90. The van der Waals surface area contributed by atoms with Gasteiger partial charge < -0.3 is 16.2 Å². The minimum Gasteiger partial charge on any atom is -0.392 e. The van der Waals surface area contributed by atoms with E-state index in [1.54, 1.807) is 13.0 Å². The molecule has 1 atom stereocenters. The zero-order valence-corrected chi connectivity index (χ0v) is 7.77. The van der Waals surface area contributed by atoms with Gasteiger partial charge in [-0.15, -0.1) is 10.2 Å². The van der Waals surface area contributed by atoms with E-state index in [2.05, 4.69) is 15.5 Å². The number of primary amides is 1. The smallest absolute Gasteiger partial charge is 0.269 e. The maximum Gasteiger partial charge on any atom is 0.269 e. The molecular weight excluding hydrogens is 184 g/mol. The Morgan fingerprint density at radius 1 is 1.64 bits per heavy atom. The van der Waals surface area contributed by atoms with Crippen molar-refractivity contribution in [3.63, 3.8) is 0 Å². The lowest BCUT2D eigenvalue weighted by Crippen LogP contribution is -2.18. The first-order valence-corrected chi connectivity index (χ1v) is 4.15. The minimum absolute atomic E-state index is 0.118. The molecule has 6 nitrogen and oxygen atoms in total. The molecule has 1 amide bonds. The highest BCUT2D eigenvalue weighted by molar-refractivity contribution is 5.90. The first-order chi connectivity index (χ1) is 6.59. The molecule has 0 saturated heterocycles. The predicted octanol–water partition coefficient (Wildman–Crippen LogP) is -0.632. The molecule has 14 heavy (non-hydrogen) atoms. The lowest BCUT2D eigenvalue weighted by Gasteiger charge is -2.06. The molecule has 1 aromatic rings. The van der Waals surface area contributed by atoms with E-state index in [0.717, 1.165) is 0 Å². The van der Waals surface area contributed by atoms with Gasteiger partial charge in [0.25, 0.3) is 5.91 Å². The first-order valence-electron chi connectivity index (χ1n) is 4.15. The van der Waals surface area contributed by atoms with Crippen LogP contribution in [0.1, 0.15) is 17.4 Å². The van der Waals surface area contributed by atoms with E-state index >= 15 is 0 Å². The zero-order chi connectivity index (χ0) is 10.6. The Morgan fingerprint density at radius 3 is 2.79 bits per heavy atom. The van der Waals surface area contributed by atoms with Crippen molar-refractivity contribution in [2.45, 2.75) is 13.0 Å². The van der Waals surface area contributed by atoms with E-state index in [-0.39, 0.29) is 5.69 Å². The molecule has 0 spiro atoms. The lowest BCUT2D eigenvalue weighted by molar-refractivity contribution is 0.0994. The molecule has 0 aromatic carbocycles. The SMILES string of the molecule is C[C@H](O)CNc1ccc(C(N)=O)nn1. The van der Waals surface area contributed by atoms with Crippen LogP contribution in [-0.2, 0) is 0 Å². The van der Waals surface area contributed by atoms with Crippen molar-refractivity contribution in [1.29, 1.82) is 0 Å². The molecule has 1 aromatic heterocycles. The van der Waals surface area contributed by atoms with Gasteiger partial charge in [0.05, 0.1) is 6.10 Å². The van der Waals surface area contributed by atoms with Crippen LogP contribution in [0.2, 0.25) is 0 Å². The molecule has 0 fully saturated rings. The van der Waals surface area contributed by atoms with Crippen LogP contribution in [0, 0.1) is 0 Å². The molecule has 76 valence electrons. The summed E-state index contributed by atoms with van der Waals surface area (Å²) < 4.78 is 0. The number of anilines is 1. The van der Waals surface area contributed by atoms with Crippen molar-refractivity contribution in [3.05, 3.63) is 17.8 Å². The van der Waals surface area contributed by atoms with Crippen molar-refractivity contribution in [2.24, 2.45) is 5.73 Å². The van der Waals surface area contributed by atoms with Gasteiger partial charge in [0.15, 0.2) is 5.69 Å². The Morgan fingerprint density at radius 2 is 2.36 bits per heavy atom. The van der Waals surface area contributed by atoms with Gasteiger partial charge in [0, 0.05) is 6.54 Å². The number of aliphatic hydroxyl groups is 1. The lowest BCUT2D eigenvalue weighted by atomic mass is 10.3. The standard InChI is InChI=1S/C8H12N4O2/c1-5(13)4-10-7-3-2-6(8(9)14)11-12-7/h2-3,5,13H,4H2,1H3,(H2,9,14)(H,10,12)/t5-/m0/s1. The third-order valence-corrected chi connectivity index (χ3v) is 1.50. The second-order valence-corrected chi connectivity index (χ2v) is 2.90. The molecule has 1 rings (SSSR count). The number of aromatic nitrogens is 2. The molecule has 0 aliphatic carbocycles. The highest BCUT2D eigenvalue weighted by Crippen LogP contribution is 2.01. The van der Waals surface area contributed by atoms with Crippen LogP contribution < -0.4 is 11.1 Å². The third kappa shape index (κ3) is 2.98. The summed E-state index contributed by atoms with van der Waals surface area (Å²) in [6.07, 6.45) is -0.465. The maximum absolute atomic E-state index is 10.6. The Bertz CT molecular complexity index is 310. The predicted molar refractivity (Wildman–Crippen MR) is 50.7 cm³/mol. The molecule has 0 saturated carbocycles. The number of carbonyl (C=O) groups excluding carboxylic acids is 1. The van der Waals surface area contributed by atoms with Crippen LogP contribution in [0.15, 0.2) is 12.1 Å². The van der Waals surface area contributed by atoms with Crippen LogP contribution in [0.5, 0.6) is 0 Å². The number of hydrogen-bond donors (Lipinski definition) is 3. The minimum atomic E-state index is -0.612. The first kappa shape index (κ1) is 10.4. The van der Waals surface area contributed by atoms with Crippen LogP contribution in [0.25, 0.3) is 0 Å². The number of nitrogens with two attached hydrogens (primary N) is 1. The van der Waals surface area contributed by atoms with Crippen LogP contribution in [0.4, 0.5) is 5.82 Å². The summed E-state index contributed by atoms with van der Waals surface area (Å²) >= 11 is 0. The van der Waals surface area contributed by atoms with Gasteiger partial charge in [-0.05, 0) is 19.1 Å². The zero-order valence-electron chi connectivity index (χ0n) is 7.77. The monoisotopic (exact) mass is 196 g/mol. The average Bonchev–Trinajstić information content (AvgIpc) is 2.15. The highest BCUT2D eigenvalue weighted by atomic mass is 16.3. The largest absolute Gasteiger partial charge is 0.392 e. The molecule has 0 aliphatic heterocycles. The molecular formula is C8H12N4O2. The number of amides is 1. The fourth-order valence-corrected chi connectivity index (χ4v) is 0.810. The summed E-state index contributed by atoms with van der Waals surface area (Å²) in [4.78, 5) is 10.6. The molecule has 1 heterocycles. The Labute approximate surface area is 81.1 Å². The van der Waals surface area contributed by atoms with E-state index in [1.807, 2.05) is 0 Å². The van der Waals surface area contributed by atoms with Crippen molar-refractivity contribution >= 4 is 11.7 Å². The molecule has 0 unspecified atom stereocenters. The summed E-state index contributed by atoms with van der Waals surface area (Å²) in [7, 11) is 0. The van der Waals surface area contributed by atoms with E-state index in [0.29, 0.717) is 12.4 Å². The van der Waals surface area contributed by atoms with Crippen molar-refractivity contribution in [2.75, 3.05) is 11.9 Å². The van der Waals surface area contributed by atoms with E-state index in [4.69, 9.17) is 10.8 Å². The van der Waals surface area contributed by atoms with Gasteiger partial charge in [-0.3, -0.25) is 4.79 Å². The van der Waals surface area contributed by atoms with Gasteiger partial charge >= 0.3 is 0 Å². The summed E-state index contributed by atoms with van der Waals surface area (Å²) in [5.41, 5.74) is 5.10. The second kappa shape index (κ2) is 4.52. The number of carbonyl (C=O) groups is 1. The molecule has 0 radical (unpaired) electrons.